The number of rotatable bonds is 5. The van der Waals surface area contributed by atoms with E-state index < -0.39 is 11.6 Å². The van der Waals surface area contributed by atoms with Gasteiger partial charge in [-0.2, -0.15) is 0 Å². The molecule has 0 saturated heterocycles. The highest BCUT2D eigenvalue weighted by molar-refractivity contribution is 5.36. The molecule has 0 bridgehead atoms. The van der Waals surface area contributed by atoms with Crippen molar-refractivity contribution in [3.05, 3.63) is 29.3 Å². The Morgan fingerprint density at radius 3 is 2.53 bits per heavy atom. The molecule has 0 aliphatic heterocycles. The van der Waals surface area contributed by atoms with Gasteiger partial charge in [0.15, 0.2) is 11.6 Å². The lowest BCUT2D eigenvalue weighted by Crippen LogP contribution is -2.11. The Morgan fingerprint density at radius 1 is 1.21 bits per heavy atom. The van der Waals surface area contributed by atoms with Crippen molar-refractivity contribution in [1.82, 2.24) is 0 Å². The van der Waals surface area contributed by atoms with Gasteiger partial charge in [0.25, 0.3) is 0 Å². The predicted octanol–water partition coefficient (Wildman–Crippen LogP) is 4.73. The van der Waals surface area contributed by atoms with Gasteiger partial charge in [-0.25, -0.2) is 8.78 Å². The lowest BCUT2D eigenvalue weighted by Gasteiger charge is -2.16. The molecule has 0 aromatic heterocycles. The van der Waals surface area contributed by atoms with Crippen molar-refractivity contribution < 1.29 is 13.5 Å². The van der Waals surface area contributed by atoms with E-state index in [1.165, 1.54) is 18.9 Å². The van der Waals surface area contributed by atoms with Crippen molar-refractivity contribution in [2.75, 3.05) is 6.61 Å². The van der Waals surface area contributed by atoms with Crippen molar-refractivity contribution >= 4 is 0 Å². The standard InChI is InChI=1S/C16H22F2O/c1-11(2)7-13-8-14(17)9-15(18)16(13)19-10-12-5-3-4-6-12/h8-9,11-12H,3-7,10H2,1-2H3. The number of ether oxygens (including phenoxy) is 1. The van der Waals surface area contributed by atoms with E-state index in [9.17, 15) is 8.78 Å². The minimum Gasteiger partial charge on any atom is -0.490 e. The van der Waals surface area contributed by atoms with Crippen LogP contribution in [0.15, 0.2) is 12.1 Å². The fourth-order valence-electron chi connectivity index (χ4n) is 2.74. The Morgan fingerprint density at radius 2 is 1.89 bits per heavy atom. The van der Waals surface area contributed by atoms with Crippen LogP contribution in [0.2, 0.25) is 0 Å². The predicted molar refractivity (Wildman–Crippen MR) is 72.4 cm³/mol. The van der Waals surface area contributed by atoms with Gasteiger partial charge in [0.2, 0.25) is 0 Å². The monoisotopic (exact) mass is 268 g/mol. The maximum atomic E-state index is 13.9. The quantitative estimate of drug-likeness (QED) is 0.750. The summed E-state index contributed by atoms with van der Waals surface area (Å²) in [6.07, 6.45) is 5.41. The van der Waals surface area contributed by atoms with E-state index in [-0.39, 0.29) is 5.75 Å². The van der Waals surface area contributed by atoms with Crippen molar-refractivity contribution in [3.63, 3.8) is 0 Å². The van der Waals surface area contributed by atoms with Crippen LogP contribution in [0.25, 0.3) is 0 Å². The molecule has 1 aliphatic rings. The third-order valence-corrected chi connectivity index (χ3v) is 3.65. The number of hydrogen-bond acceptors (Lipinski definition) is 1. The molecular formula is C16H22F2O. The highest BCUT2D eigenvalue weighted by Gasteiger charge is 2.19. The van der Waals surface area contributed by atoms with Gasteiger partial charge in [0, 0.05) is 11.6 Å². The molecule has 0 heterocycles. The first-order valence-corrected chi connectivity index (χ1v) is 7.17. The van der Waals surface area contributed by atoms with Gasteiger partial charge in [-0.15, -0.1) is 0 Å². The maximum Gasteiger partial charge on any atom is 0.168 e. The maximum absolute atomic E-state index is 13.9. The van der Waals surface area contributed by atoms with Crippen LogP contribution in [0.5, 0.6) is 5.75 Å². The molecule has 1 aromatic rings. The van der Waals surface area contributed by atoms with Crippen LogP contribution in [-0.4, -0.2) is 6.61 Å². The van der Waals surface area contributed by atoms with Crippen LogP contribution in [0, 0.1) is 23.5 Å². The second kappa shape index (κ2) is 6.36. The van der Waals surface area contributed by atoms with E-state index in [2.05, 4.69) is 0 Å². The summed E-state index contributed by atoms with van der Waals surface area (Å²) >= 11 is 0. The fraction of sp³-hybridized carbons (Fsp3) is 0.625. The van der Waals surface area contributed by atoms with Gasteiger partial charge in [-0.05, 0) is 37.2 Å². The molecule has 106 valence electrons. The van der Waals surface area contributed by atoms with Crippen molar-refractivity contribution in [1.29, 1.82) is 0 Å². The van der Waals surface area contributed by atoms with Gasteiger partial charge in [-0.3, -0.25) is 0 Å². The zero-order valence-corrected chi connectivity index (χ0v) is 11.7. The Hall–Kier alpha value is -1.12. The Bertz CT molecular complexity index is 423. The second-order valence-corrected chi connectivity index (χ2v) is 5.94. The first kappa shape index (κ1) is 14.3. The molecule has 0 atom stereocenters. The summed E-state index contributed by atoms with van der Waals surface area (Å²) in [5.41, 5.74) is 0.644. The molecule has 0 N–H and O–H groups in total. The fourth-order valence-corrected chi connectivity index (χ4v) is 2.74. The van der Waals surface area contributed by atoms with Gasteiger partial charge in [0.1, 0.15) is 5.82 Å². The molecule has 0 unspecified atom stereocenters. The second-order valence-electron chi connectivity index (χ2n) is 5.94. The highest BCUT2D eigenvalue weighted by Crippen LogP contribution is 2.30. The topological polar surface area (TPSA) is 9.23 Å². The Balaban J connectivity index is 2.11. The summed E-state index contributed by atoms with van der Waals surface area (Å²) in [5.74, 6) is 0.0170. The molecular weight excluding hydrogens is 246 g/mol. The van der Waals surface area contributed by atoms with Crippen molar-refractivity contribution in [2.24, 2.45) is 11.8 Å². The molecule has 0 spiro atoms. The van der Waals surface area contributed by atoms with E-state index >= 15 is 0 Å². The Kier molecular flexibility index (Phi) is 4.78. The van der Waals surface area contributed by atoms with E-state index in [1.807, 2.05) is 13.8 Å². The van der Waals surface area contributed by atoms with Crippen molar-refractivity contribution in [2.45, 2.75) is 46.0 Å². The summed E-state index contributed by atoms with van der Waals surface area (Å²) in [6.45, 7) is 4.61. The van der Waals surface area contributed by atoms with Crippen molar-refractivity contribution in [3.8, 4) is 5.75 Å². The average molecular weight is 268 g/mol. The number of hydrogen-bond donors (Lipinski definition) is 0. The highest BCUT2D eigenvalue weighted by atomic mass is 19.1. The average Bonchev–Trinajstić information content (AvgIpc) is 2.79. The first-order valence-electron chi connectivity index (χ1n) is 7.17. The van der Waals surface area contributed by atoms with Gasteiger partial charge < -0.3 is 4.74 Å². The molecule has 0 radical (unpaired) electrons. The SMILES string of the molecule is CC(C)Cc1cc(F)cc(F)c1OCC1CCCC1. The lowest BCUT2D eigenvalue weighted by molar-refractivity contribution is 0.238. The lowest BCUT2D eigenvalue weighted by atomic mass is 10.0. The summed E-state index contributed by atoms with van der Waals surface area (Å²) < 4.78 is 32.8. The normalized spacial score (nSPS) is 16.3. The van der Waals surface area contributed by atoms with Gasteiger partial charge in [0.05, 0.1) is 6.61 Å². The van der Waals surface area contributed by atoms with E-state index in [4.69, 9.17) is 4.74 Å². The first-order chi connectivity index (χ1) is 9.06. The molecule has 1 aliphatic carbocycles. The summed E-state index contributed by atoms with van der Waals surface area (Å²) in [7, 11) is 0. The zero-order chi connectivity index (χ0) is 13.8. The molecule has 2 rings (SSSR count). The molecule has 1 nitrogen and oxygen atoms in total. The zero-order valence-electron chi connectivity index (χ0n) is 11.7. The molecule has 1 fully saturated rings. The molecule has 19 heavy (non-hydrogen) atoms. The Labute approximate surface area is 114 Å². The van der Waals surface area contributed by atoms with Gasteiger partial charge in [-0.1, -0.05) is 26.7 Å². The molecule has 1 aromatic carbocycles. The smallest absolute Gasteiger partial charge is 0.168 e. The van der Waals surface area contributed by atoms with E-state index in [0.717, 1.165) is 18.9 Å². The molecule has 1 saturated carbocycles. The van der Waals surface area contributed by atoms with Crippen LogP contribution in [0.1, 0.15) is 45.1 Å². The summed E-state index contributed by atoms with van der Waals surface area (Å²) in [5, 5.41) is 0. The largest absolute Gasteiger partial charge is 0.490 e. The van der Waals surface area contributed by atoms with Gasteiger partial charge >= 0.3 is 0 Å². The minimum atomic E-state index is -0.575. The summed E-state index contributed by atoms with van der Waals surface area (Å²) in [4.78, 5) is 0. The van der Waals surface area contributed by atoms with Crippen LogP contribution in [0.4, 0.5) is 8.78 Å². The van der Waals surface area contributed by atoms with Crippen LogP contribution in [-0.2, 0) is 6.42 Å². The molecule has 0 amide bonds. The third-order valence-electron chi connectivity index (χ3n) is 3.65. The number of halogens is 2. The number of benzene rings is 1. The van der Waals surface area contributed by atoms with Crippen LogP contribution < -0.4 is 4.74 Å². The third kappa shape index (κ3) is 3.92. The van der Waals surface area contributed by atoms with Crippen LogP contribution in [0.3, 0.4) is 0 Å². The molecule has 3 heteroatoms. The van der Waals surface area contributed by atoms with Crippen LogP contribution >= 0.6 is 0 Å². The summed E-state index contributed by atoms with van der Waals surface area (Å²) in [6, 6.07) is 2.31. The van der Waals surface area contributed by atoms with E-state index in [0.29, 0.717) is 30.4 Å². The minimum absolute atomic E-state index is 0.252. The van der Waals surface area contributed by atoms with E-state index in [1.54, 1.807) is 0 Å².